The summed E-state index contributed by atoms with van der Waals surface area (Å²) in [6.45, 7) is 8.66. The summed E-state index contributed by atoms with van der Waals surface area (Å²) in [6.07, 6.45) is 16.4. The molecule has 0 atom stereocenters. The van der Waals surface area contributed by atoms with Crippen LogP contribution in [-0.2, 0) is 0 Å². The van der Waals surface area contributed by atoms with E-state index in [1.807, 2.05) is 6.92 Å². The first-order chi connectivity index (χ1) is 8.65. The van der Waals surface area contributed by atoms with Crippen LogP contribution < -0.4 is 0 Å². The minimum absolute atomic E-state index is 1.07. The van der Waals surface area contributed by atoms with E-state index in [1.165, 1.54) is 33.8 Å². The van der Waals surface area contributed by atoms with E-state index in [9.17, 15) is 0 Å². The van der Waals surface area contributed by atoms with Crippen LogP contribution in [0.2, 0.25) is 0 Å². The van der Waals surface area contributed by atoms with Gasteiger partial charge in [-0.1, -0.05) is 55.0 Å². The molecule has 0 nitrogen and oxygen atoms in total. The van der Waals surface area contributed by atoms with Crippen molar-refractivity contribution in [2.24, 2.45) is 0 Å². The monoisotopic (exact) mass is 237 g/mol. The van der Waals surface area contributed by atoms with Crippen LogP contribution >= 0.6 is 0 Å². The molecule has 2 aliphatic rings. The second kappa shape index (κ2) is 5.39. The lowest BCUT2D eigenvalue weighted by atomic mass is 9.95. The number of rotatable bonds is 3. The molecule has 18 heavy (non-hydrogen) atoms. The van der Waals surface area contributed by atoms with Gasteiger partial charge in [-0.3, -0.25) is 0 Å². The lowest BCUT2D eigenvalue weighted by molar-refractivity contribution is 1.22. The topological polar surface area (TPSA) is 0 Å². The summed E-state index contributed by atoms with van der Waals surface area (Å²) in [6, 6.07) is 0. The minimum Gasteiger partial charge on any atom is -0.0877 e. The lowest BCUT2D eigenvalue weighted by Crippen LogP contribution is -1.90. The fourth-order valence-corrected chi connectivity index (χ4v) is 2.48. The van der Waals surface area contributed by atoms with Gasteiger partial charge in [0.15, 0.2) is 0 Å². The Morgan fingerprint density at radius 3 is 2.50 bits per heavy atom. The largest absolute Gasteiger partial charge is 0.0877 e. The molecule has 0 fully saturated rings. The molecule has 0 unspecified atom stereocenters. The van der Waals surface area contributed by atoms with Gasteiger partial charge in [0.1, 0.15) is 0 Å². The highest BCUT2D eigenvalue weighted by Gasteiger charge is 2.23. The predicted octanol–water partition coefficient (Wildman–Crippen LogP) is 5.25. The second-order valence-corrected chi connectivity index (χ2v) is 4.93. The summed E-state index contributed by atoms with van der Waals surface area (Å²) in [5.41, 5.74) is 7.07. The third kappa shape index (κ3) is 2.33. The Kier molecular flexibility index (Phi) is 3.86. The molecule has 0 heterocycles. The fraction of sp³-hybridized carbons (Fsp3) is 0.278. The number of allylic oxidation sites excluding steroid dienone is 12. The molecule has 0 saturated heterocycles. The van der Waals surface area contributed by atoms with Crippen LogP contribution in [-0.4, -0.2) is 0 Å². The van der Waals surface area contributed by atoms with E-state index in [4.69, 9.17) is 0 Å². The SMILES string of the molecule is CC=CC=CC1=C(C)[C](C)C=C1C1=C(C)C=CC1. The van der Waals surface area contributed by atoms with Crippen molar-refractivity contribution in [3.63, 3.8) is 0 Å². The normalized spacial score (nSPS) is 21.2. The Balaban J connectivity index is 2.36. The molecule has 93 valence electrons. The zero-order chi connectivity index (χ0) is 13.1. The maximum absolute atomic E-state index is 2.33. The van der Waals surface area contributed by atoms with E-state index in [1.54, 1.807) is 0 Å². The van der Waals surface area contributed by atoms with Gasteiger partial charge < -0.3 is 0 Å². The zero-order valence-corrected chi connectivity index (χ0v) is 11.7. The van der Waals surface area contributed by atoms with Crippen LogP contribution in [0.3, 0.4) is 0 Å². The maximum Gasteiger partial charge on any atom is 0.0204 e. The first-order valence-electron chi connectivity index (χ1n) is 6.58. The summed E-state index contributed by atoms with van der Waals surface area (Å²) in [7, 11) is 0. The van der Waals surface area contributed by atoms with Crippen molar-refractivity contribution in [3.8, 4) is 0 Å². The van der Waals surface area contributed by atoms with Crippen molar-refractivity contribution in [1.29, 1.82) is 0 Å². The minimum atomic E-state index is 1.07. The van der Waals surface area contributed by atoms with Crippen molar-refractivity contribution in [1.82, 2.24) is 0 Å². The van der Waals surface area contributed by atoms with Crippen LogP contribution in [0.25, 0.3) is 0 Å². The van der Waals surface area contributed by atoms with Gasteiger partial charge in [0.25, 0.3) is 0 Å². The highest BCUT2D eigenvalue weighted by Crippen LogP contribution is 2.40. The van der Waals surface area contributed by atoms with Gasteiger partial charge in [-0.2, -0.15) is 0 Å². The van der Waals surface area contributed by atoms with Gasteiger partial charge in [0.2, 0.25) is 0 Å². The van der Waals surface area contributed by atoms with E-state index in [-0.39, 0.29) is 0 Å². The quantitative estimate of drug-likeness (QED) is 0.588. The molecule has 0 saturated carbocycles. The molecular weight excluding hydrogens is 216 g/mol. The van der Waals surface area contributed by atoms with E-state index in [0.29, 0.717) is 0 Å². The Bertz CT molecular complexity index is 516. The van der Waals surface area contributed by atoms with Crippen LogP contribution in [0.1, 0.15) is 34.1 Å². The summed E-state index contributed by atoms with van der Waals surface area (Å²) >= 11 is 0. The van der Waals surface area contributed by atoms with Gasteiger partial charge in [0, 0.05) is 5.92 Å². The first kappa shape index (κ1) is 12.9. The van der Waals surface area contributed by atoms with Crippen LogP contribution in [0, 0.1) is 5.92 Å². The molecule has 0 N–H and O–H groups in total. The molecule has 0 aliphatic heterocycles. The predicted molar refractivity (Wildman–Crippen MR) is 80.1 cm³/mol. The third-order valence-electron chi connectivity index (χ3n) is 3.70. The lowest BCUT2D eigenvalue weighted by Gasteiger charge is -2.09. The van der Waals surface area contributed by atoms with Gasteiger partial charge in [-0.15, -0.1) is 0 Å². The molecule has 0 aromatic heterocycles. The van der Waals surface area contributed by atoms with Crippen molar-refractivity contribution < 1.29 is 0 Å². The van der Waals surface area contributed by atoms with Crippen LogP contribution in [0.4, 0.5) is 0 Å². The van der Waals surface area contributed by atoms with Gasteiger partial charge in [-0.25, -0.2) is 0 Å². The smallest absolute Gasteiger partial charge is 0.0204 e. The Morgan fingerprint density at radius 1 is 1.11 bits per heavy atom. The standard InChI is InChI=1S/C18H21/c1-5-6-7-10-17-15(4)14(3)12-18(17)16-11-8-9-13(16)2/h5-10,12H,11H2,1-4H3. The molecule has 0 amide bonds. The molecule has 2 rings (SSSR count). The van der Waals surface area contributed by atoms with Gasteiger partial charge >= 0.3 is 0 Å². The summed E-state index contributed by atoms with van der Waals surface area (Å²) in [4.78, 5) is 0. The fourth-order valence-electron chi connectivity index (χ4n) is 2.48. The average Bonchev–Trinajstić information content (AvgIpc) is 2.87. The summed E-state index contributed by atoms with van der Waals surface area (Å²) in [5, 5.41) is 0. The van der Waals surface area contributed by atoms with E-state index >= 15 is 0 Å². The molecule has 1 radical (unpaired) electrons. The third-order valence-corrected chi connectivity index (χ3v) is 3.70. The summed E-state index contributed by atoms with van der Waals surface area (Å²) < 4.78 is 0. The maximum atomic E-state index is 2.33. The van der Waals surface area contributed by atoms with Crippen molar-refractivity contribution in [3.05, 3.63) is 76.3 Å². The van der Waals surface area contributed by atoms with Crippen LogP contribution in [0.5, 0.6) is 0 Å². The second-order valence-electron chi connectivity index (χ2n) is 4.93. The van der Waals surface area contributed by atoms with E-state index in [0.717, 1.165) is 6.42 Å². The van der Waals surface area contributed by atoms with Crippen molar-refractivity contribution >= 4 is 0 Å². The Labute approximate surface area is 111 Å². The molecule has 0 spiro atoms. The zero-order valence-electron chi connectivity index (χ0n) is 11.7. The molecule has 0 heteroatoms. The van der Waals surface area contributed by atoms with Crippen molar-refractivity contribution in [2.75, 3.05) is 0 Å². The molecule has 2 aliphatic carbocycles. The van der Waals surface area contributed by atoms with E-state index in [2.05, 4.69) is 63.3 Å². The first-order valence-corrected chi connectivity index (χ1v) is 6.58. The van der Waals surface area contributed by atoms with Gasteiger partial charge in [0.05, 0.1) is 0 Å². The number of hydrogen-bond acceptors (Lipinski definition) is 0. The highest BCUT2D eigenvalue weighted by molar-refractivity contribution is 5.67. The number of hydrogen-bond donors (Lipinski definition) is 0. The van der Waals surface area contributed by atoms with E-state index < -0.39 is 0 Å². The van der Waals surface area contributed by atoms with Crippen molar-refractivity contribution in [2.45, 2.75) is 34.1 Å². The van der Waals surface area contributed by atoms with Gasteiger partial charge in [-0.05, 0) is 49.5 Å². The highest BCUT2D eigenvalue weighted by atomic mass is 14.3. The average molecular weight is 237 g/mol. The Morgan fingerprint density at radius 2 is 1.89 bits per heavy atom. The Hall–Kier alpha value is -1.56. The molecular formula is C18H21. The molecule has 0 aromatic rings. The molecule has 0 bridgehead atoms. The van der Waals surface area contributed by atoms with Crippen LogP contribution in [0.15, 0.2) is 70.4 Å². The summed E-state index contributed by atoms with van der Waals surface area (Å²) in [5.74, 6) is 1.39. The molecule has 0 aromatic carbocycles.